The van der Waals surface area contributed by atoms with Crippen LogP contribution in [-0.2, 0) is 44.7 Å². The minimum atomic E-state index is -2.16. The summed E-state index contributed by atoms with van der Waals surface area (Å²) < 4.78 is 10.7. The van der Waals surface area contributed by atoms with Crippen molar-refractivity contribution in [2.45, 2.75) is 139 Å². The largest absolute Gasteiger partial charge is 0.504 e. The zero-order valence-corrected chi connectivity index (χ0v) is 38.4. The van der Waals surface area contributed by atoms with Crippen LogP contribution in [0.1, 0.15) is 59.4 Å². The van der Waals surface area contributed by atoms with Crippen molar-refractivity contribution in [3.8, 4) is 11.5 Å². The SMILES string of the molecule is C[C@@H](O)[C@@H]1NC(=O)[C@@H](NC(=O)OC(C)(C)C)C[C@@H](O)CNC(=O)[C@@H]2[C@@H](O)[C@@H](C)CN2C(=O)[C@H]([C@H](O)CC(N)=O)NC(=O)[C@H]([C@H](O)Cc2ccc(O)c(OCCN)c2)NC(=O)[C@@H]2C[C@@H](O)CN2C1=O. The average Bonchev–Trinajstić information content (AvgIpc) is 3.78. The Bertz CT molecular complexity index is 2020. The van der Waals surface area contributed by atoms with E-state index in [-0.39, 0.29) is 36.8 Å². The van der Waals surface area contributed by atoms with E-state index in [0.29, 0.717) is 0 Å². The molecular formula is C42H65N9O17. The van der Waals surface area contributed by atoms with Crippen LogP contribution >= 0.6 is 0 Å². The summed E-state index contributed by atoms with van der Waals surface area (Å²) in [7, 11) is 0. The van der Waals surface area contributed by atoms with Crippen molar-refractivity contribution < 1.29 is 83.6 Å². The number of nitrogens with one attached hydrogen (secondary N) is 5. The number of hydrogen-bond donors (Lipinski definition) is 14. The number of fused-ring (bicyclic) bond motifs is 2. The number of primary amides is 1. The molecule has 0 aliphatic carbocycles. The number of β-amino-alcohol motifs (C(OH)–C–C–N with tert-alkyl or cyclic N) is 1. The molecule has 8 amide bonds. The zero-order chi connectivity index (χ0) is 50.9. The molecule has 4 rings (SSSR count). The van der Waals surface area contributed by atoms with Crippen LogP contribution in [-0.4, -0.2) is 204 Å². The monoisotopic (exact) mass is 967 g/mol. The summed E-state index contributed by atoms with van der Waals surface area (Å²) in [6, 6.07) is -7.45. The second-order valence-corrected chi connectivity index (χ2v) is 18.3. The first-order valence-electron chi connectivity index (χ1n) is 22.0. The van der Waals surface area contributed by atoms with Gasteiger partial charge in [0.2, 0.25) is 41.4 Å². The average molecular weight is 968 g/mol. The summed E-state index contributed by atoms with van der Waals surface area (Å²) in [6.07, 6.45) is -14.2. The van der Waals surface area contributed by atoms with Gasteiger partial charge < -0.3 is 93.1 Å². The maximum absolute atomic E-state index is 14.5. The third-order valence-corrected chi connectivity index (χ3v) is 11.4. The third kappa shape index (κ3) is 14.3. The number of nitrogens with two attached hydrogens (primary N) is 2. The van der Waals surface area contributed by atoms with Gasteiger partial charge in [0, 0.05) is 51.4 Å². The quantitative estimate of drug-likeness (QED) is 0.0981. The van der Waals surface area contributed by atoms with Crippen molar-refractivity contribution in [2.75, 3.05) is 32.8 Å². The van der Waals surface area contributed by atoms with Crippen LogP contribution in [0.3, 0.4) is 0 Å². The van der Waals surface area contributed by atoms with Gasteiger partial charge in [-0.1, -0.05) is 13.0 Å². The van der Waals surface area contributed by atoms with E-state index in [1.165, 1.54) is 45.9 Å². The normalized spacial score (nSPS) is 29.5. The number of phenols is 1. The van der Waals surface area contributed by atoms with Gasteiger partial charge in [-0.3, -0.25) is 33.6 Å². The minimum Gasteiger partial charge on any atom is -0.504 e. The number of rotatable bonds is 11. The fourth-order valence-electron chi connectivity index (χ4n) is 8.02. The summed E-state index contributed by atoms with van der Waals surface area (Å²) in [5, 5.41) is 88.9. The number of benzene rings is 1. The molecular weight excluding hydrogens is 903 g/mol. The lowest BCUT2D eigenvalue weighted by molar-refractivity contribution is -0.147. The highest BCUT2D eigenvalue weighted by Gasteiger charge is 2.50. The van der Waals surface area contributed by atoms with Crippen molar-refractivity contribution in [2.24, 2.45) is 17.4 Å². The predicted octanol–water partition coefficient (Wildman–Crippen LogP) is -6.35. The Morgan fingerprint density at radius 1 is 0.853 bits per heavy atom. The molecule has 0 radical (unpaired) electrons. The van der Waals surface area contributed by atoms with Gasteiger partial charge in [-0.25, -0.2) is 4.79 Å². The standard InChI is InChI=1S/C42H65N9O17/c1-18-16-51-33(34(18)59)38(63)45-15-21(53)12-23(46-41(66)68-42(3,4)5)35(60)47-30(19(2)52)39(64)50-17-22(54)13-24(50)36(61)48-31(37(62)49-32(40(51)65)27(57)14-29(44)58)26(56)10-20-6-7-25(55)28(11-20)67-9-8-43/h6-7,11,18-19,21-24,26-27,30-34,52-57,59H,8-10,12-17,43H2,1-5H3,(H2,44,58)(H,45,63)(H,46,66)(H,47,60)(H,48,61)(H,49,62)/t18-,19+,21+,22+,23-,24-,26+,27+,30-,31-,32-,33-,34-/m0/s1. The van der Waals surface area contributed by atoms with Gasteiger partial charge in [0.25, 0.3) is 0 Å². The number of amides is 8. The molecule has 13 atom stereocenters. The highest BCUT2D eigenvalue weighted by molar-refractivity contribution is 5.98. The Kier molecular flexibility index (Phi) is 18.8. The molecule has 0 bridgehead atoms. The lowest BCUT2D eigenvalue weighted by atomic mass is 9.98. The molecule has 68 heavy (non-hydrogen) atoms. The number of nitrogens with zero attached hydrogens (tertiary/aromatic N) is 2. The molecule has 3 saturated heterocycles. The number of hydrogen-bond acceptors (Lipinski definition) is 18. The molecule has 26 nitrogen and oxygen atoms in total. The van der Waals surface area contributed by atoms with Crippen molar-refractivity contribution in [1.82, 2.24) is 36.4 Å². The second-order valence-electron chi connectivity index (χ2n) is 18.3. The molecule has 0 unspecified atom stereocenters. The van der Waals surface area contributed by atoms with E-state index in [1.807, 2.05) is 0 Å². The number of ether oxygens (including phenoxy) is 2. The Balaban J connectivity index is 1.85. The van der Waals surface area contributed by atoms with Gasteiger partial charge >= 0.3 is 6.09 Å². The molecule has 1 aromatic carbocycles. The maximum atomic E-state index is 14.5. The predicted molar refractivity (Wildman–Crippen MR) is 233 cm³/mol. The van der Waals surface area contributed by atoms with Crippen molar-refractivity contribution in [3.05, 3.63) is 23.8 Å². The van der Waals surface area contributed by atoms with Crippen LogP contribution in [0.15, 0.2) is 18.2 Å². The van der Waals surface area contributed by atoms with E-state index in [2.05, 4.69) is 26.6 Å². The first-order valence-corrected chi connectivity index (χ1v) is 22.0. The molecule has 3 fully saturated rings. The van der Waals surface area contributed by atoms with E-state index < -0.39 is 171 Å². The Morgan fingerprint density at radius 2 is 1.49 bits per heavy atom. The van der Waals surface area contributed by atoms with Crippen LogP contribution in [0.2, 0.25) is 0 Å². The maximum Gasteiger partial charge on any atom is 0.408 e. The fourth-order valence-corrected chi connectivity index (χ4v) is 8.02. The molecule has 0 saturated carbocycles. The summed E-state index contributed by atoms with van der Waals surface area (Å²) in [5.74, 6) is -9.48. The number of carbonyl (C=O) groups is 8. The van der Waals surface area contributed by atoms with Crippen LogP contribution in [0.4, 0.5) is 4.79 Å². The third-order valence-electron chi connectivity index (χ3n) is 11.4. The number of alkyl carbamates (subject to hydrolysis) is 1. The molecule has 1 aromatic rings. The summed E-state index contributed by atoms with van der Waals surface area (Å²) in [4.78, 5) is 112. The number of aliphatic hydroxyl groups excluding tert-OH is 6. The number of phenolic OH excluding ortho intramolecular Hbond substituents is 1. The Morgan fingerprint density at radius 3 is 2.10 bits per heavy atom. The van der Waals surface area contributed by atoms with Crippen LogP contribution in [0.25, 0.3) is 0 Å². The van der Waals surface area contributed by atoms with Gasteiger partial charge in [-0.05, 0) is 45.4 Å². The van der Waals surface area contributed by atoms with Gasteiger partial charge in [0.05, 0.1) is 43.0 Å². The van der Waals surface area contributed by atoms with E-state index in [0.717, 1.165) is 16.7 Å². The fraction of sp³-hybridized carbons (Fsp3) is 0.667. The Hall–Kier alpha value is -5.90. The molecule has 0 aromatic heterocycles. The highest BCUT2D eigenvalue weighted by atomic mass is 16.6. The second kappa shape index (κ2) is 23.4. The van der Waals surface area contributed by atoms with E-state index in [4.69, 9.17) is 20.9 Å². The summed E-state index contributed by atoms with van der Waals surface area (Å²) in [6.45, 7) is 5.62. The molecule has 380 valence electrons. The van der Waals surface area contributed by atoms with Crippen LogP contribution in [0, 0.1) is 5.92 Å². The molecule has 3 aliphatic heterocycles. The zero-order valence-electron chi connectivity index (χ0n) is 38.4. The van der Waals surface area contributed by atoms with Crippen molar-refractivity contribution in [3.63, 3.8) is 0 Å². The van der Waals surface area contributed by atoms with Gasteiger partial charge in [-0.2, -0.15) is 0 Å². The molecule has 26 heteroatoms. The lowest BCUT2D eigenvalue weighted by Gasteiger charge is -2.33. The number of aromatic hydroxyl groups is 1. The van der Waals surface area contributed by atoms with E-state index in [9.17, 15) is 74.1 Å². The van der Waals surface area contributed by atoms with E-state index >= 15 is 0 Å². The Labute approximate surface area is 391 Å². The summed E-state index contributed by atoms with van der Waals surface area (Å²) in [5.41, 5.74) is 10.0. The van der Waals surface area contributed by atoms with Crippen LogP contribution in [0.5, 0.6) is 11.5 Å². The molecule has 3 heterocycles. The highest BCUT2D eigenvalue weighted by Crippen LogP contribution is 2.29. The van der Waals surface area contributed by atoms with Crippen molar-refractivity contribution >= 4 is 47.4 Å². The lowest BCUT2D eigenvalue weighted by Crippen LogP contribution is -2.64. The molecule has 0 spiro atoms. The van der Waals surface area contributed by atoms with Gasteiger partial charge in [0.15, 0.2) is 11.5 Å². The van der Waals surface area contributed by atoms with Gasteiger partial charge in [0.1, 0.15) is 48.5 Å². The molecule has 16 N–H and O–H groups in total. The van der Waals surface area contributed by atoms with Crippen molar-refractivity contribution in [1.29, 1.82) is 0 Å². The number of carbonyl (C=O) groups excluding carboxylic acids is 8. The van der Waals surface area contributed by atoms with E-state index in [1.54, 1.807) is 0 Å². The summed E-state index contributed by atoms with van der Waals surface area (Å²) >= 11 is 0. The minimum absolute atomic E-state index is 0.0212. The molecule has 3 aliphatic rings. The first kappa shape index (κ1) is 54.7. The smallest absolute Gasteiger partial charge is 0.408 e. The topological polar surface area (TPSA) is 415 Å². The number of aliphatic hydroxyl groups is 6. The van der Waals surface area contributed by atoms with Gasteiger partial charge in [-0.15, -0.1) is 0 Å². The first-order chi connectivity index (χ1) is 31.7. The van der Waals surface area contributed by atoms with Crippen LogP contribution < -0.4 is 42.8 Å².